The largest absolute Gasteiger partial charge is 0.479 e. The molecule has 2 aromatic carbocycles. The Morgan fingerprint density at radius 2 is 1.71 bits per heavy atom. The molecule has 0 unspecified atom stereocenters. The number of carbonyl (C=O) groups is 2. The van der Waals surface area contributed by atoms with E-state index < -0.39 is 53.3 Å². The average molecular weight is 572 g/mol. The van der Waals surface area contributed by atoms with E-state index in [4.69, 9.17) is 13.9 Å². The van der Waals surface area contributed by atoms with Gasteiger partial charge in [-0.2, -0.15) is 13.9 Å². The third kappa shape index (κ3) is 5.18. The fraction of sp³-hybridized carbons (Fsp3) is 0.111. The summed E-state index contributed by atoms with van der Waals surface area (Å²) in [4.78, 5) is 29.2. The molecule has 0 aliphatic rings. The second-order valence-electron chi connectivity index (χ2n) is 8.33. The fourth-order valence-corrected chi connectivity index (χ4v) is 3.84. The van der Waals surface area contributed by atoms with Crippen LogP contribution in [-0.4, -0.2) is 33.1 Å². The lowest BCUT2D eigenvalue weighted by Gasteiger charge is -2.09. The molecule has 0 aliphatic carbocycles. The van der Waals surface area contributed by atoms with Gasteiger partial charge in [0.25, 0.3) is 5.91 Å². The number of ether oxygens (including phenoxy) is 2. The first-order valence-electron chi connectivity index (χ1n) is 11.8. The predicted octanol–water partition coefficient (Wildman–Crippen LogP) is 5.69. The minimum Gasteiger partial charge on any atom is -0.479 e. The molecule has 5 rings (SSSR count). The summed E-state index contributed by atoms with van der Waals surface area (Å²) >= 11 is 0. The van der Waals surface area contributed by atoms with Gasteiger partial charge in [0.05, 0.1) is 18.5 Å². The van der Waals surface area contributed by atoms with Gasteiger partial charge in [-0.05, 0) is 37.3 Å². The van der Waals surface area contributed by atoms with Crippen molar-refractivity contribution in [1.82, 2.24) is 14.6 Å². The van der Waals surface area contributed by atoms with Gasteiger partial charge in [-0.3, -0.25) is 4.79 Å². The lowest BCUT2D eigenvalue weighted by molar-refractivity contribution is 0.0528. The maximum absolute atomic E-state index is 13.8. The van der Waals surface area contributed by atoms with Crippen LogP contribution in [-0.2, 0) is 11.3 Å². The Hall–Kier alpha value is -5.27. The van der Waals surface area contributed by atoms with Crippen molar-refractivity contribution in [2.24, 2.45) is 0 Å². The number of benzene rings is 2. The minimum atomic E-state index is -2.31. The fourth-order valence-electron chi connectivity index (χ4n) is 3.84. The van der Waals surface area contributed by atoms with E-state index in [0.29, 0.717) is 16.9 Å². The molecule has 0 saturated heterocycles. The summed E-state index contributed by atoms with van der Waals surface area (Å²) in [6.45, 7) is 1.14. The summed E-state index contributed by atoms with van der Waals surface area (Å²) in [7, 11) is 0. The minimum absolute atomic E-state index is 0.122. The zero-order valence-electron chi connectivity index (χ0n) is 20.9. The molecule has 5 aromatic rings. The van der Waals surface area contributed by atoms with Crippen molar-refractivity contribution in [3.8, 4) is 17.0 Å². The van der Waals surface area contributed by atoms with Crippen LogP contribution in [0.25, 0.3) is 16.9 Å². The number of rotatable bonds is 8. The monoisotopic (exact) mass is 572 g/mol. The number of fused-ring (bicyclic) bond motifs is 1. The van der Waals surface area contributed by atoms with E-state index in [1.54, 1.807) is 37.3 Å². The number of halogens is 5. The van der Waals surface area contributed by atoms with E-state index >= 15 is 0 Å². The van der Waals surface area contributed by atoms with Gasteiger partial charge in [0.1, 0.15) is 17.9 Å². The van der Waals surface area contributed by atoms with Crippen molar-refractivity contribution in [2.75, 3.05) is 11.9 Å². The quantitative estimate of drug-likeness (QED) is 0.110. The number of nitrogens with one attached hydrogen (secondary N) is 1. The average Bonchev–Trinajstić information content (AvgIpc) is 3.63. The molecule has 14 heteroatoms. The van der Waals surface area contributed by atoms with Crippen molar-refractivity contribution in [2.45, 2.75) is 13.5 Å². The van der Waals surface area contributed by atoms with E-state index in [9.17, 15) is 31.5 Å². The summed E-state index contributed by atoms with van der Waals surface area (Å²) in [6.07, 6.45) is 2.85. The molecule has 0 aliphatic heterocycles. The Bertz CT molecular complexity index is 1770. The molecule has 0 atom stereocenters. The number of esters is 1. The molecule has 0 bridgehead atoms. The normalized spacial score (nSPS) is 11.1. The molecule has 1 amide bonds. The number of hydrogen-bond donors (Lipinski definition) is 1. The van der Waals surface area contributed by atoms with Gasteiger partial charge in [0, 0.05) is 17.4 Å². The molecule has 41 heavy (non-hydrogen) atoms. The summed E-state index contributed by atoms with van der Waals surface area (Å²) in [5, 5.41) is 6.86. The number of carbonyl (C=O) groups excluding carboxylic acids is 2. The SMILES string of the molecule is CCOC(=O)c1cnn2c(-c3cccc(NC(=O)c4ccc(COc5c(F)c(F)c(F)c(F)c5F)o4)c3)ccnc12. The molecular weight excluding hydrogens is 555 g/mol. The summed E-state index contributed by atoms with van der Waals surface area (Å²) in [6, 6.07) is 10.8. The summed E-state index contributed by atoms with van der Waals surface area (Å²) in [5.41, 5.74) is 2.01. The van der Waals surface area contributed by atoms with Crippen molar-refractivity contribution in [1.29, 1.82) is 0 Å². The molecule has 3 aromatic heterocycles. The highest BCUT2D eigenvalue weighted by atomic mass is 19.2. The maximum Gasteiger partial charge on any atom is 0.343 e. The zero-order chi connectivity index (χ0) is 29.3. The number of hydrogen-bond acceptors (Lipinski definition) is 7. The van der Waals surface area contributed by atoms with Gasteiger partial charge >= 0.3 is 5.97 Å². The van der Waals surface area contributed by atoms with E-state index in [0.717, 1.165) is 0 Å². The third-order valence-corrected chi connectivity index (χ3v) is 5.73. The molecule has 9 nitrogen and oxygen atoms in total. The Kier molecular flexibility index (Phi) is 7.38. The van der Waals surface area contributed by atoms with E-state index in [-0.39, 0.29) is 29.3 Å². The number of nitrogens with zero attached hydrogens (tertiary/aromatic N) is 3. The van der Waals surface area contributed by atoms with Crippen LogP contribution in [0.15, 0.2) is 59.3 Å². The molecule has 1 N–H and O–H groups in total. The number of aromatic nitrogens is 3. The van der Waals surface area contributed by atoms with Crippen LogP contribution in [0.2, 0.25) is 0 Å². The van der Waals surface area contributed by atoms with Crippen LogP contribution in [0.3, 0.4) is 0 Å². The number of anilines is 1. The van der Waals surface area contributed by atoms with Crippen molar-refractivity contribution in [3.05, 3.63) is 101 Å². The smallest absolute Gasteiger partial charge is 0.343 e. The summed E-state index contributed by atoms with van der Waals surface area (Å²) < 4.78 is 84.2. The second kappa shape index (κ2) is 11.1. The van der Waals surface area contributed by atoms with E-state index in [1.807, 2.05) is 0 Å². The Labute approximate surface area is 227 Å². The van der Waals surface area contributed by atoms with Crippen LogP contribution in [0, 0.1) is 29.1 Å². The second-order valence-corrected chi connectivity index (χ2v) is 8.33. The lowest BCUT2D eigenvalue weighted by Crippen LogP contribution is -2.11. The Morgan fingerprint density at radius 3 is 2.44 bits per heavy atom. The molecule has 3 heterocycles. The van der Waals surface area contributed by atoms with Gasteiger partial charge in [-0.15, -0.1) is 0 Å². The number of furan rings is 1. The van der Waals surface area contributed by atoms with Crippen LogP contribution >= 0.6 is 0 Å². The van der Waals surface area contributed by atoms with Gasteiger partial charge < -0.3 is 19.2 Å². The van der Waals surface area contributed by atoms with Crippen LogP contribution in [0.4, 0.5) is 27.6 Å². The van der Waals surface area contributed by atoms with Gasteiger partial charge in [-0.25, -0.2) is 27.5 Å². The number of amides is 1. The van der Waals surface area contributed by atoms with E-state index in [1.165, 1.54) is 29.0 Å². The first kappa shape index (κ1) is 27.3. The molecule has 0 radical (unpaired) electrons. The Balaban J connectivity index is 1.31. The van der Waals surface area contributed by atoms with Gasteiger partial charge in [-0.1, -0.05) is 12.1 Å². The maximum atomic E-state index is 13.8. The predicted molar refractivity (Wildman–Crippen MR) is 132 cm³/mol. The van der Waals surface area contributed by atoms with Crippen LogP contribution < -0.4 is 10.1 Å². The molecule has 0 fully saturated rings. The van der Waals surface area contributed by atoms with Crippen molar-refractivity contribution < 1.29 is 45.4 Å². The van der Waals surface area contributed by atoms with Crippen LogP contribution in [0.5, 0.6) is 5.75 Å². The first-order valence-corrected chi connectivity index (χ1v) is 11.8. The van der Waals surface area contributed by atoms with Crippen LogP contribution in [0.1, 0.15) is 33.6 Å². The standard InChI is InChI=1S/C27H17F5N4O5/c1-2-39-27(38)16-11-34-36-17(8-9-33-25(16)36)13-4-3-5-14(10-13)35-26(37)18-7-6-15(41-18)12-40-24-22(31)20(29)19(28)21(30)23(24)32/h3-11H,2,12H2,1H3,(H,35,37). The summed E-state index contributed by atoms with van der Waals surface area (Å²) in [5.74, 6) is -14.0. The topological polar surface area (TPSA) is 108 Å². The third-order valence-electron chi connectivity index (χ3n) is 5.73. The van der Waals surface area contributed by atoms with E-state index in [2.05, 4.69) is 15.4 Å². The van der Waals surface area contributed by atoms with Gasteiger partial charge in [0.2, 0.25) is 29.1 Å². The molecular formula is C27H17F5N4O5. The van der Waals surface area contributed by atoms with Gasteiger partial charge in [0.15, 0.2) is 17.2 Å². The highest BCUT2D eigenvalue weighted by Crippen LogP contribution is 2.30. The molecule has 210 valence electrons. The first-order chi connectivity index (χ1) is 19.7. The molecule has 0 saturated carbocycles. The van der Waals surface area contributed by atoms with Crippen molar-refractivity contribution >= 4 is 23.2 Å². The lowest BCUT2D eigenvalue weighted by atomic mass is 10.1. The van der Waals surface area contributed by atoms with Crippen molar-refractivity contribution in [3.63, 3.8) is 0 Å². The highest BCUT2D eigenvalue weighted by molar-refractivity contribution is 6.02. The Morgan fingerprint density at radius 1 is 0.976 bits per heavy atom. The molecule has 0 spiro atoms. The highest BCUT2D eigenvalue weighted by Gasteiger charge is 2.27. The zero-order valence-corrected chi connectivity index (χ0v) is 20.9.